The Morgan fingerprint density at radius 3 is 2.89 bits per heavy atom. The Morgan fingerprint density at radius 1 is 1.47 bits per heavy atom. The lowest BCUT2D eigenvalue weighted by Gasteiger charge is -2.38. The van der Waals surface area contributed by atoms with Gasteiger partial charge in [-0.1, -0.05) is 11.6 Å². The second-order valence-corrected chi connectivity index (χ2v) is 5.34. The van der Waals surface area contributed by atoms with E-state index in [0.717, 1.165) is 31.5 Å². The second kappa shape index (κ2) is 6.26. The minimum Gasteiger partial charge on any atom is -0.396 e. The Bertz CT molecular complexity index is 462. The summed E-state index contributed by atoms with van der Waals surface area (Å²) in [4.78, 5) is 2.27. The number of rotatable bonds is 4. The molecule has 0 radical (unpaired) electrons. The summed E-state index contributed by atoms with van der Waals surface area (Å²) in [5.41, 5.74) is 7.08. The quantitative estimate of drug-likeness (QED) is 0.586. The summed E-state index contributed by atoms with van der Waals surface area (Å²) in [6.45, 7) is 1.16. The number of piperidine rings is 1. The number of amidine groups is 1. The van der Waals surface area contributed by atoms with Gasteiger partial charge in [0, 0.05) is 24.8 Å². The second-order valence-electron chi connectivity index (χ2n) is 4.94. The van der Waals surface area contributed by atoms with Gasteiger partial charge in [0.2, 0.25) is 0 Å². The molecule has 0 bridgehead atoms. The van der Waals surface area contributed by atoms with Gasteiger partial charge in [-0.25, -0.2) is 0 Å². The van der Waals surface area contributed by atoms with Gasteiger partial charge >= 0.3 is 0 Å². The summed E-state index contributed by atoms with van der Waals surface area (Å²) in [7, 11) is 0. The van der Waals surface area contributed by atoms with E-state index in [-0.39, 0.29) is 12.4 Å². The number of anilines is 1. The Morgan fingerprint density at radius 2 is 2.26 bits per heavy atom. The van der Waals surface area contributed by atoms with Crippen molar-refractivity contribution in [2.45, 2.75) is 31.7 Å². The highest BCUT2D eigenvalue weighted by Gasteiger charge is 2.23. The van der Waals surface area contributed by atoms with E-state index in [0.29, 0.717) is 16.6 Å². The fourth-order valence-electron chi connectivity index (χ4n) is 2.67. The number of benzene rings is 1. The molecule has 1 atom stereocenters. The topological polar surface area (TPSA) is 73.3 Å². The maximum absolute atomic E-state index is 9.17. The van der Waals surface area contributed by atoms with Crippen molar-refractivity contribution >= 4 is 23.1 Å². The number of halogens is 1. The summed E-state index contributed by atoms with van der Waals surface area (Å²) < 4.78 is 0. The van der Waals surface area contributed by atoms with Crippen LogP contribution in [-0.2, 0) is 0 Å². The fourth-order valence-corrected chi connectivity index (χ4v) is 2.96. The van der Waals surface area contributed by atoms with Crippen LogP contribution in [0, 0.1) is 5.41 Å². The maximum atomic E-state index is 9.17. The van der Waals surface area contributed by atoms with Gasteiger partial charge in [0.25, 0.3) is 0 Å². The van der Waals surface area contributed by atoms with Crippen molar-refractivity contribution < 1.29 is 5.11 Å². The molecule has 1 saturated heterocycles. The molecule has 1 aliphatic heterocycles. The predicted molar refractivity (Wildman–Crippen MR) is 79.2 cm³/mol. The lowest BCUT2D eigenvalue weighted by atomic mass is 9.98. The van der Waals surface area contributed by atoms with E-state index < -0.39 is 0 Å². The van der Waals surface area contributed by atoms with Crippen LogP contribution >= 0.6 is 11.6 Å². The lowest BCUT2D eigenvalue weighted by Crippen LogP contribution is -2.40. The molecule has 1 aromatic rings. The lowest BCUT2D eigenvalue weighted by molar-refractivity contribution is 0.262. The highest BCUT2D eigenvalue weighted by Crippen LogP contribution is 2.32. The highest BCUT2D eigenvalue weighted by molar-refractivity contribution is 6.33. The van der Waals surface area contributed by atoms with E-state index in [1.807, 2.05) is 12.1 Å². The molecular weight excluding hydrogens is 262 g/mol. The Balaban J connectivity index is 2.26. The van der Waals surface area contributed by atoms with Gasteiger partial charge in [-0.05, 0) is 43.9 Å². The fraction of sp³-hybridized carbons (Fsp3) is 0.500. The Hall–Kier alpha value is -1.26. The molecule has 0 amide bonds. The molecule has 1 fully saturated rings. The van der Waals surface area contributed by atoms with Gasteiger partial charge < -0.3 is 15.7 Å². The summed E-state index contributed by atoms with van der Waals surface area (Å²) in [5, 5.41) is 17.2. The molecule has 104 valence electrons. The summed E-state index contributed by atoms with van der Waals surface area (Å²) in [6.07, 6.45) is 4.20. The largest absolute Gasteiger partial charge is 0.396 e. The van der Waals surface area contributed by atoms with Gasteiger partial charge in [-0.3, -0.25) is 5.41 Å². The zero-order chi connectivity index (χ0) is 13.8. The highest BCUT2D eigenvalue weighted by atomic mass is 35.5. The molecule has 1 unspecified atom stereocenters. The van der Waals surface area contributed by atoms with Crippen LogP contribution in [0.1, 0.15) is 31.2 Å². The standard InChI is InChI=1S/C14H20ClN3O/c15-12-9-10(14(16)17)4-5-13(12)18-7-2-1-3-11(18)6-8-19/h4-5,9,11,19H,1-3,6-8H2,(H3,16,17). The van der Waals surface area contributed by atoms with Crippen molar-refractivity contribution in [2.24, 2.45) is 5.73 Å². The van der Waals surface area contributed by atoms with Crippen molar-refractivity contribution in [3.8, 4) is 0 Å². The third-order valence-corrected chi connectivity index (χ3v) is 3.96. The molecule has 0 aliphatic carbocycles. The molecule has 0 aromatic heterocycles. The summed E-state index contributed by atoms with van der Waals surface area (Å²) in [6, 6.07) is 5.84. The first-order valence-corrected chi connectivity index (χ1v) is 7.02. The first kappa shape index (κ1) is 14.2. The number of hydrogen-bond donors (Lipinski definition) is 3. The molecule has 4 nitrogen and oxygen atoms in total. The van der Waals surface area contributed by atoms with Crippen molar-refractivity contribution in [2.75, 3.05) is 18.1 Å². The Kier molecular flexibility index (Phi) is 4.66. The number of nitrogens with one attached hydrogen (secondary N) is 1. The molecular formula is C14H20ClN3O. The van der Waals surface area contributed by atoms with Crippen molar-refractivity contribution in [1.82, 2.24) is 0 Å². The minimum atomic E-state index is 0.0269. The average molecular weight is 282 g/mol. The van der Waals surface area contributed by atoms with Crippen LogP contribution in [-0.4, -0.2) is 30.1 Å². The number of aliphatic hydroxyl groups excluding tert-OH is 1. The number of nitrogen functional groups attached to an aromatic ring is 1. The van der Waals surface area contributed by atoms with Crippen molar-refractivity contribution in [3.63, 3.8) is 0 Å². The predicted octanol–water partition coefficient (Wildman–Crippen LogP) is 2.37. The molecule has 19 heavy (non-hydrogen) atoms. The van der Waals surface area contributed by atoms with Gasteiger partial charge in [0.15, 0.2) is 0 Å². The van der Waals surface area contributed by atoms with E-state index in [1.165, 1.54) is 6.42 Å². The summed E-state index contributed by atoms with van der Waals surface area (Å²) >= 11 is 6.32. The molecule has 1 heterocycles. The van der Waals surface area contributed by atoms with E-state index >= 15 is 0 Å². The summed E-state index contributed by atoms with van der Waals surface area (Å²) in [5.74, 6) is 0.0269. The zero-order valence-electron chi connectivity index (χ0n) is 10.9. The molecule has 0 spiro atoms. The SMILES string of the molecule is N=C(N)c1ccc(N2CCCCC2CCO)c(Cl)c1. The third-order valence-electron chi connectivity index (χ3n) is 3.66. The van der Waals surface area contributed by atoms with Gasteiger partial charge in [-0.2, -0.15) is 0 Å². The molecule has 0 saturated carbocycles. The maximum Gasteiger partial charge on any atom is 0.122 e. The van der Waals surface area contributed by atoms with Crippen molar-refractivity contribution in [3.05, 3.63) is 28.8 Å². The Labute approximate surface area is 118 Å². The minimum absolute atomic E-state index is 0.0269. The molecule has 1 aromatic carbocycles. The van der Waals surface area contributed by atoms with Gasteiger partial charge in [-0.15, -0.1) is 0 Å². The normalized spacial score (nSPS) is 19.5. The first-order chi connectivity index (χ1) is 9.13. The molecule has 5 heteroatoms. The van der Waals surface area contributed by atoms with E-state index in [9.17, 15) is 0 Å². The number of nitrogens with zero attached hydrogens (tertiary/aromatic N) is 1. The average Bonchev–Trinajstić information content (AvgIpc) is 2.40. The smallest absolute Gasteiger partial charge is 0.122 e. The van der Waals surface area contributed by atoms with Gasteiger partial charge in [0.05, 0.1) is 10.7 Å². The van der Waals surface area contributed by atoms with Crippen LogP contribution in [0.2, 0.25) is 5.02 Å². The van der Waals surface area contributed by atoms with Crippen LogP contribution < -0.4 is 10.6 Å². The van der Waals surface area contributed by atoms with Crippen LogP contribution in [0.25, 0.3) is 0 Å². The van der Waals surface area contributed by atoms with Crippen LogP contribution in [0.5, 0.6) is 0 Å². The number of hydrogen-bond acceptors (Lipinski definition) is 3. The van der Waals surface area contributed by atoms with Crippen LogP contribution in [0.15, 0.2) is 18.2 Å². The zero-order valence-corrected chi connectivity index (χ0v) is 11.7. The van der Waals surface area contributed by atoms with Crippen LogP contribution in [0.3, 0.4) is 0 Å². The van der Waals surface area contributed by atoms with E-state index in [1.54, 1.807) is 6.07 Å². The number of nitrogens with two attached hydrogens (primary N) is 1. The monoisotopic (exact) mass is 281 g/mol. The molecule has 1 aliphatic rings. The van der Waals surface area contributed by atoms with Gasteiger partial charge in [0.1, 0.15) is 5.84 Å². The molecule has 2 rings (SSSR count). The molecule has 4 N–H and O–H groups in total. The first-order valence-electron chi connectivity index (χ1n) is 6.65. The van der Waals surface area contributed by atoms with Crippen molar-refractivity contribution in [1.29, 1.82) is 5.41 Å². The van der Waals surface area contributed by atoms with E-state index in [2.05, 4.69) is 4.90 Å². The third kappa shape index (κ3) is 3.19. The van der Waals surface area contributed by atoms with E-state index in [4.69, 9.17) is 27.9 Å². The van der Waals surface area contributed by atoms with Crippen LogP contribution in [0.4, 0.5) is 5.69 Å². The number of aliphatic hydroxyl groups is 1.